The summed E-state index contributed by atoms with van der Waals surface area (Å²) in [6, 6.07) is 14.5. The van der Waals surface area contributed by atoms with Crippen molar-refractivity contribution in [3.63, 3.8) is 0 Å². The topological polar surface area (TPSA) is 143 Å². The fourth-order valence-corrected chi connectivity index (χ4v) is 9.60. The first-order valence-corrected chi connectivity index (χ1v) is 22.1. The van der Waals surface area contributed by atoms with E-state index in [0.29, 0.717) is 6.42 Å². The highest BCUT2D eigenvalue weighted by Crippen LogP contribution is 2.42. The fraction of sp³-hybridized carbons (Fsp3) is 0.571. The Bertz CT molecular complexity index is 2110. The summed E-state index contributed by atoms with van der Waals surface area (Å²) in [5.74, 6) is -2.68. The molecule has 0 N–H and O–H groups in total. The highest BCUT2D eigenvalue weighted by molar-refractivity contribution is 5.88. The van der Waals surface area contributed by atoms with Gasteiger partial charge in [0.15, 0.2) is 12.3 Å². The number of aryl methyl sites for hydroxylation is 1. The molecule has 6 rings (SSSR count). The third-order valence-electron chi connectivity index (χ3n) is 12.3. The quantitative estimate of drug-likeness (QED) is 0.122. The average Bonchev–Trinajstić information content (AvgIpc) is 3.56. The van der Waals surface area contributed by atoms with E-state index in [1.165, 1.54) is 40.5 Å². The maximum absolute atomic E-state index is 12.7. The second kappa shape index (κ2) is 20.0. The molecule has 5 atom stereocenters. The lowest BCUT2D eigenvalue weighted by Crippen LogP contribution is -2.56. The number of Topliss-reactive ketones (excluding diaryl/α,β-unsaturated/α-hetero) is 1. The Morgan fingerprint density at radius 1 is 0.871 bits per heavy atom. The second-order valence-electron chi connectivity index (χ2n) is 18.6. The molecule has 13 heteroatoms. The van der Waals surface area contributed by atoms with Gasteiger partial charge in [0, 0.05) is 70.9 Å². The standard InChI is InChI=1S/C49H65N3O10/c1-32-13-11-15-41-43(32)39(29-52(41)46-45(60-36(5)56)40(27-33(2)53)44(59-35(4)55)42(61-46)30-58-34(3)54)28-38-18-16-37(17-19-38)14-9-10-23-50-24-12-20-49(31-50)21-25-51(26-22-49)47(57)62-48(6,7)8/h9,11,13-19,29,40,42,44-46H,10,12,20-28,30-31H2,1-8H3/t40-,42+,44-,45+,46+/m0/s1. The molecule has 3 aromatic rings. The van der Waals surface area contributed by atoms with Crippen LogP contribution in [0.1, 0.15) is 115 Å². The van der Waals surface area contributed by atoms with Crippen LogP contribution in [0.15, 0.2) is 54.7 Å². The van der Waals surface area contributed by atoms with E-state index in [0.717, 1.165) is 85.1 Å². The number of nitrogens with zero attached hydrogens (tertiary/aromatic N) is 3. The molecule has 0 bridgehead atoms. The van der Waals surface area contributed by atoms with Crippen molar-refractivity contribution in [1.29, 1.82) is 0 Å². The van der Waals surface area contributed by atoms with Gasteiger partial charge in [0.25, 0.3) is 0 Å². The van der Waals surface area contributed by atoms with Crippen molar-refractivity contribution < 1.29 is 47.7 Å². The molecule has 2 aromatic carbocycles. The molecule has 0 saturated carbocycles. The highest BCUT2D eigenvalue weighted by atomic mass is 16.6. The third kappa shape index (κ3) is 11.9. The molecule has 4 heterocycles. The summed E-state index contributed by atoms with van der Waals surface area (Å²) in [7, 11) is 0. The number of carbonyl (C=O) groups excluding carboxylic acids is 5. The smallest absolute Gasteiger partial charge is 0.410 e. The summed E-state index contributed by atoms with van der Waals surface area (Å²) in [5, 5.41) is 1.02. The Hall–Kier alpha value is -5.01. The van der Waals surface area contributed by atoms with Crippen LogP contribution in [0, 0.1) is 18.3 Å². The summed E-state index contributed by atoms with van der Waals surface area (Å²) in [4.78, 5) is 66.7. The van der Waals surface area contributed by atoms with Gasteiger partial charge in [-0.2, -0.15) is 0 Å². The SMILES string of the molecule is CC(=O)C[C@@H]1[C@@H](OC(C)=O)[C@H](n2cc(Cc3ccc(C=CCCN4CCCC5(CCN(C(=O)OC(C)(C)C)CC5)C4)cc3)c3c(C)cccc32)O[C@H](COC(C)=O)[C@H]1OC(C)=O. The first kappa shape index (κ1) is 46.5. The molecule has 3 aliphatic rings. The molecular formula is C49H65N3O10. The van der Waals surface area contributed by atoms with Gasteiger partial charge in [0.2, 0.25) is 0 Å². The van der Waals surface area contributed by atoms with Crippen LogP contribution in [0.2, 0.25) is 0 Å². The predicted octanol–water partition coefficient (Wildman–Crippen LogP) is 7.98. The monoisotopic (exact) mass is 855 g/mol. The largest absolute Gasteiger partial charge is 0.463 e. The van der Waals surface area contributed by atoms with Crippen molar-refractivity contribution in [1.82, 2.24) is 14.4 Å². The van der Waals surface area contributed by atoms with Gasteiger partial charge in [-0.15, -0.1) is 0 Å². The fourth-order valence-electron chi connectivity index (χ4n) is 9.60. The molecule has 1 spiro atoms. The van der Waals surface area contributed by atoms with Crippen molar-refractivity contribution in [3.05, 3.63) is 77.0 Å². The minimum absolute atomic E-state index is 0.0607. The minimum atomic E-state index is -1.02. The molecule has 1 amide bonds. The van der Waals surface area contributed by atoms with Crippen LogP contribution < -0.4 is 0 Å². The van der Waals surface area contributed by atoms with E-state index in [9.17, 15) is 24.0 Å². The number of esters is 3. The van der Waals surface area contributed by atoms with Crippen LogP contribution in [-0.2, 0) is 49.3 Å². The van der Waals surface area contributed by atoms with Crippen LogP contribution >= 0.6 is 0 Å². The lowest BCUT2D eigenvalue weighted by atomic mass is 9.72. The number of ketones is 1. The van der Waals surface area contributed by atoms with Crippen molar-refractivity contribution in [2.45, 2.75) is 130 Å². The van der Waals surface area contributed by atoms with Crippen molar-refractivity contribution in [3.8, 4) is 0 Å². The number of aromatic nitrogens is 1. The number of likely N-dealkylation sites (tertiary alicyclic amines) is 2. The molecule has 0 radical (unpaired) electrons. The van der Waals surface area contributed by atoms with E-state index in [4.69, 9.17) is 23.7 Å². The normalized spacial score (nSPS) is 23.0. The van der Waals surface area contributed by atoms with Crippen molar-refractivity contribution >= 4 is 46.8 Å². The van der Waals surface area contributed by atoms with Crippen LogP contribution in [0.3, 0.4) is 0 Å². The number of rotatable bonds is 13. The molecule has 62 heavy (non-hydrogen) atoms. The molecule has 1 aromatic heterocycles. The van der Waals surface area contributed by atoms with E-state index < -0.39 is 54.0 Å². The number of benzene rings is 2. The van der Waals surface area contributed by atoms with Gasteiger partial charge in [-0.05, 0) is 113 Å². The predicted molar refractivity (Wildman–Crippen MR) is 235 cm³/mol. The van der Waals surface area contributed by atoms with Crippen molar-refractivity contribution in [2.24, 2.45) is 11.3 Å². The van der Waals surface area contributed by atoms with E-state index in [1.54, 1.807) is 0 Å². The number of fused-ring (bicyclic) bond motifs is 1. The van der Waals surface area contributed by atoms with Gasteiger partial charge >= 0.3 is 24.0 Å². The summed E-state index contributed by atoms with van der Waals surface area (Å²) in [6.07, 6.45) is 8.27. The maximum Gasteiger partial charge on any atom is 0.410 e. The zero-order chi connectivity index (χ0) is 44.8. The molecular weight excluding hydrogens is 791 g/mol. The van der Waals surface area contributed by atoms with Gasteiger partial charge in [-0.1, -0.05) is 48.6 Å². The number of ether oxygens (including phenoxy) is 5. The van der Waals surface area contributed by atoms with Gasteiger partial charge in [0.05, 0.1) is 5.52 Å². The lowest BCUT2D eigenvalue weighted by molar-refractivity contribution is -0.249. The first-order chi connectivity index (χ1) is 29.4. The zero-order valence-electron chi connectivity index (χ0n) is 37.8. The molecule has 3 fully saturated rings. The molecule has 0 unspecified atom stereocenters. The number of amides is 1. The Labute approximate surface area is 366 Å². The van der Waals surface area contributed by atoms with Gasteiger partial charge in [0.1, 0.15) is 30.2 Å². The molecule has 3 aliphatic heterocycles. The summed E-state index contributed by atoms with van der Waals surface area (Å²) in [5.41, 5.74) is 4.94. The maximum atomic E-state index is 12.7. The Balaban J connectivity index is 1.15. The number of carbonyl (C=O) groups is 5. The Morgan fingerprint density at radius 3 is 2.21 bits per heavy atom. The van der Waals surface area contributed by atoms with Crippen LogP contribution in [0.5, 0.6) is 0 Å². The van der Waals surface area contributed by atoms with Crippen molar-refractivity contribution in [2.75, 3.05) is 39.3 Å². The zero-order valence-corrected chi connectivity index (χ0v) is 37.8. The van der Waals surface area contributed by atoms with E-state index in [1.807, 2.05) is 61.6 Å². The van der Waals surface area contributed by atoms with E-state index in [2.05, 4.69) is 41.3 Å². The second-order valence-corrected chi connectivity index (χ2v) is 18.6. The Kier molecular flexibility index (Phi) is 15.0. The number of hydrogen-bond acceptors (Lipinski definition) is 11. The Morgan fingerprint density at radius 2 is 1.56 bits per heavy atom. The van der Waals surface area contributed by atoms with Gasteiger partial charge < -0.3 is 42.8 Å². The van der Waals surface area contributed by atoms with Gasteiger partial charge in [-0.25, -0.2) is 4.79 Å². The van der Waals surface area contributed by atoms with Crippen LogP contribution in [0.4, 0.5) is 4.79 Å². The molecule has 336 valence electrons. The average molecular weight is 856 g/mol. The van der Waals surface area contributed by atoms with Crippen LogP contribution in [-0.4, -0.2) is 107 Å². The van der Waals surface area contributed by atoms with Crippen LogP contribution in [0.25, 0.3) is 17.0 Å². The minimum Gasteiger partial charge on any atom is -0.463 e. The summed E-state index contributed by atoms with van der Waals surface area (Å²) < 4.78 is 31.2. The number of piperidine rings is 2. The first-order valence-electron chi connectivity index (χ1n) is 22.1. The summed E-state index contributed by atoms with van der Waals surface area (Å²) in [6.45, 7) is 17.5. The molecule has 13 nitrogen and oxygen atoms in total. The number of hydrogen-bond donors (Lipinski definition) is 0. The lowest BCUT2D eigenvalue weighted by Gasteiger charge is -2.47. The summed E-state index contributed by atoms with van der Waals surface area (Å²) >= 11 is 0. The van der Waals surface area contributed by atoms with E-state index in [-0.39, 0.29) is 30.3 Å². The highest BCUT2D eigenvalue weighted by Gasteiger charge is 2.51. The van der Waals surface area contributed by atoms with Gasteiger partial charge in [-0.3, -0.25) is 14.4 Å². The third-order valence-corrected chi connectivity index (χ3v) is 12.3. The molecule has 3 saturated heterocycles. The van der Waals surface area contributed by atoms with E-state index >= 15 is 0 Å². The molecule has 0 aliphatic carbocycles.